The lowest BCUT2D eigenvalue weighted by atomic mass is 9.83. The van der Waals surface area contributed by atoms with Gasteiger partial charge >= 0.3 is 11.9 Å². The molecule has 0 bridgehead atoms. The second kappa shape index (κ2) is 13.9. The molecule has 0 radical (unpaired) electrons. The summed E-state index contributed by atoms with van der Waals surface area (Å²) < 4.78 is 18.5. The van der Waals surface area contributed by atoms with Crippen LogP contribution in [-0.4, -0.2) is 49.1 Å². The van der Waals surface area contributed by atoms with Gasteiger partial charge in [0.15, 0.2) is 1.41 Å². The van der Waals surface area contributed by atoms with Crippen LogP contribution in [0.3, 0.4) is 0 Å². The van der Waals surface area contributed by atoms with Crippen molar-refractivity contribution in [3.63, 3.8) is 0 Å². The molecule has 0 aliphatic rings. The van der Waals surface area contributed by atoms with Crippen molar-refractivity contribution in [1.29, 1.82) is 0 Å². The highest BCUT2D eigenvalue weighted by Gasteiger charge is 2.34. The van der Waals surface area contributed by atoms with Gasteiger partial charge in [-0.15, -0.1) is 0 Å². The normalized spacial score (nSPS) is 13.5. The Bertz CT molecular complexity index is 875. The van der Waals surface area contributed by atoms with Crippen molar-refractivity contribution >= 4 is 35.4 Å². The largest absolute Gasteiger partial charge is 0.466 e. The molecular weight excluding hydrogens is 460 g/mol. The van der Waals surface area contributed by atoms with Crippen LogP contribution in [0.25, 0.3) is 0 Å². The highest BCUT2D eigenvalue weighted by atomic mass is 35.5. The molecule has 2 N–H and O–H groups in total. The molecule has 0 saturated carbocycles. The Hall–Kier alpha value is -2.61. The number of amides is 2. The summed E-state index contributed by atoms with van der Waals surface area (Å²) in [5.74, 6) is -2.48. The van der Waals surface area contributed by atoms with Gasteiger partial charge in [0, 0.05) is 11.4 Å². The summed E-state index contributed by atoms with van der Waals surface area (Å²) in [7, 11) is 0. The lowest BCUT2D eigenvalue weighted by Gasteiger charge is -2.29. The molecule has 8 nitrogen and oxygen atoms in total. The number of carbonyl (C=O) groups excluding carboxylic acids is 4. The number of nitrogens with one attached hydrogen (secondary N) is 2. The average Bonchev–Trinajstić information content (AvgIpc) is 2.79. The third-order valence-corrected chi connectivity index (χ3v) is 5.45. The SMILES string of the molecule is [2H]N(C(=O)C(C)(C)c1ccc(Cl)cc1)[C@@H](CC(C)C)C(=O)N[C@@H](CCC(=O)OCC)C(=O)OCC. The van der Waals surface area contributed by atoms with E-state index in [-0.39, 0.29) is 38.4 Å². The van der Waals surface area contributed by atoms with E-state index in [0.717, 1.165) is 0 Å². The Morgan fingerprint density at radius 2 is 1.62 bits per heavy atom. The lowest BCUT2D eigenvalue weighted by molar-refractivity contribution is -0.149. The van der Waals surface area contributed by atoms with E-state index in [9.17, 15) is 19.2 Å². The number of benzene rings is 1. The van der Waals surface area contributed by atoms with Crippen LogP contribution in [-0.2, 0) is 34.1 Å². The van der Waals surface area contributed by atoms with Gasteiger partial charge in [-0.3, -0.25) is 14.4 Å². The second-order valence-corrected chi connectivity index (χ2v) is 9.30. The Kier molecular flexibility index (Phi) is 11.3. The minimum Gasteiger partial charge on any atom is -0.466 e. The predicted molar refractivity (Wildman–Crippen MR) is 130 cm³/mol. The zero-order valence-electron chi connectivity index (χ0n) is 21.9. The van der Waals surface area contributed by atoms with Crippen LogP contribution in [0.2, 0.25) is 6.43 Å². The molecule has 0 aliphatic heterocycles. The van der Waals surface area contributed by atoms with E-state index in [2.05, 4.69) is 5.32 Å². The van der Waals surface area contributed by atoms with Gasteiger partial charge in [0.25, 0.3) is 0 Å². The van der Waals surface area contributed by atoms with Gasteiger partial charge in [0.2, 0.25) is 11.8 Å². The van der Waals surface area contributed by atoms with Gasteiger partial charge in [0.1, 0.15) is 12.1 Å². The molecule has 0 saturated heterocycles. The van der Waals surface area contributed by atoms with Gasteiger partial charge in [-0.05, 0) is 64.2 Å². The number of carbonyl (C=O) groups is 4. The van der Waals surface area contributed by atoms with Crippen LogP contribution in [0.15, 0.2) is 24.3 Å². The lowest BCUT2D eigenvalue weighted by Crippen LogP contribution is -2.55. The van der Waals surface area contributed by atoms with Gasteiger partial charge in [-0.25, -0.2) is 4.79 Å². The molecule has 34 heavy (non-hydrogen) atoms. The van der Waals surface area contributed by atoms with E-state index >= 15 is 0 Å². The predicted octanol–water partition coefficient (Wildman–Crippen LogP) is 3.54. The van der Waals surface area contributed by atoms with Crippen molar-refractivity contribution in [3.05, 3.63) is 34.9 Å². The number of rotatable bonds is 13. The first-order valence-electron chi connectivity index (χ1n) is 12.0. The van der Waals surface area contributed by atoms with Crippen molar-refractivity contribution in [2.24, 2.45) is 5.92 Å². The maximum atomic E-state index is 13.4. The molecule has 2 amide bonds. The van der Waals surface area contributed by atoms with Crippen LogP contribution in [0.5, 0.6) is 0 Å². The minimum absolute atomic E-state index is 0.0226. The second-order valence-electron chi connectivity index (χ2n) is 8.87. The molecular formula is C25H37ClN2O6. The molecule has 2 atom stereocenters. The third kappa shape index (κ3) is 9.33. The number of halogens is 1. The Morgan fingerprint density at radius 3 is 2.15 bits per heavy atom. The first-order chi connectivity index (χ1) is 16.3. The third-order valence-electron chi connectivity index (χ3n) is 5.20. The molecule has 0 heterocycles. The van der Waals surface area contributed by atoms with E-state index in [1.54, 1.807) is 52.0 Å². The monoisotopic (exact) mass is 497 g/mol. The highest BCUT2D eigenvalue weighted by molar-refractivity contribution is 6.30. The Labute approximate surface area is 208 Å². The molecule has 1 aromatic carbocycles. The minimum atomic E-state index is -1.16. The Morgan fingerprint density at radius 1 is 1.03 bits per heavy atom. The van der Waals surface area contributed by atoms with Crippen LogP contribution >= 0.6 is 11.6 Å². The maximum Gasteiger partial charge on any atom is 0.328 e. The summed E-state index contributed by atoms with van der Waals surface area (Å²) in [5, 5.41) is 3.78. The molecule has 190 valence electrons. The number of hydrogen-bond acceptors (Lipinski definition) is 6. The highest BCUT2D eigenvalue weighted by Crippen LogP contribution is 2.25. The van der Waals surface area contributed by atoms with Crippen molar-refractivity contribution in [2.45, 2.75) is 78.3 Å². The molecule has 0 unspecified atom stereocenters. The van der Waals surface area contributed by atoms with E-state index < -0.39 is 41.3 Å². The average molecular weight is 498 g/mol. The van der Waals surface area contributed by atoms with Gasteiger partial charge in [-0.2, -0.15) is 0 Å². The standard InChI is InChI=1S/C25H37ClN2O6/c1-7-33-21(29)14-13-19(23(31)34-8-2)27-22(30)20(15-16(3)4)28-24(32)25(5,6)17-9-11-18(26)12-10-17/h9-12,16,19-20H,7-8,13-15H2,1-6H3,(H,27,30)(H,28,32)/t19-,20-/m0/s1/i/hD. The number of esters is 2. The summed E-state index contributed by atoms with van der Waals surface area (Å²) in [6, 6.07) is 4.45. The molecule has 0 aliphatic carbocycles. The molecule has 1 rings (SSSR count). The first-order valence-corrected chi connectivity index (χ1v) is 11.9. The number of hydrogen-bond donors (Lipinski definition) is 2. The van der Waals surface area contributed by atoms with Gasteiger partial charge in [-0.1, -0.05) is 37.6 Å². The fourth-order valence-corrected chi connectivity index (χ4v) is 3.34. The van der Waals surface area contributed by atoms with E-state index in [1.165, 1.54) is 0 Å². The fraction of sp³-hybridized carbons (Fsp3) is 0.600. The van der Waals surface area contributed by atoms with Crippen molar-refractivity contribution in [3.8, 4) is 0 Å². The van der Waals surface area contributed by atoms with Crippen molar-refractivity contribution in [1.82, 2.24) is 10.6 Å². The summed E-state index contributed by atoms with van der Waals surface area (Å²) in [6.45, 7) is 10.7. The van der Waals surface area contributed by atoms with E-state index in [0.29, 0.717) is 15.9 Å². The molecule has 1 aromatic rings. The Balaban J connectivity index is 3.13. The van der Waals surface area contributed by atoms with Crippen LogP contribution in [0.4, 0.5) is 0 Å². The smallest absolute Gasteiger partial charge is 0.328 e. The summed E-state index contributed by atoms with van der Waals surface area (Å²) in [6.07, 6.45) is 0.0742. The maximum absolute atomic E-state index is 13.4. The fourth-order valence-electron chi connectivity index (χ4n) is 3.21. The zero-order chi connectivity index (χ0) is 26.8. The van der Waals surface area contributed by atoms with Gasteiger partial charge in [0.05, 0.1) is 18.6 Å². The zero-order valence-corrected chi connectivity index (χ0v) is 21.6. The summed E-state index contributed by atoms with van der Waals surface area (Å²) in [5.41, 5.74) is -0.460. The number of ether oxygens (including phenoxy) is 2. The molecule has 0 aromatic heterocycles. The van der Waals surface area contributed by atoms with Crippen molar-refractivity contribution in [2.75, 3.05) is 13.2 Å². The van der Waals surface area contributed by atoms with E-state index in [4.69, 9.17) is 22.5 Å². The quantitative estimate of drug-likeness (QED) is 0.403. The molecule has 0 spiro atoms. The summed E-state index contributed by atoms with van der Waals surface area (Å²) >= 11 is 5.96. The van der Waals surface area contributed by atoms with Crippen molar-refractivity contribution < 1.29 is 30.1 Å². The summed E-state index contributed by atoms with van der Waals surface area (Å²) in [4.78, 5) is 50.8. The first kappa shape index (κ1) is 27.6. The van der Waals surface area contributed by atoms with Gasteiger partial charge < -0.3 is 20.1 Å². The topological polar surface area (TPSA) is 111 Å². The van der Waals surface area contributed by atoms with Crippen LogP contribution < -0.4 is 10.6 Å². The van der Waals surface area contributed by atoms with E-state index in [1.807, 2.05) is 13.8 Å². The molecule has 9 heteroatoms. The molecule has 0 fully saturated rings. The van der Waals surface area contributed by atoms with Crippen LogP contribution in [0, 0.1) is 5.92 Å². The van der Waals surface area contributed by atoms with Crippen LogP contribution in [0.1, 0.15) is 66.4 Å².